The van der Waals surface area contributed by atoms with Gasteiger partial charge < -0.3 is 5.32 Å². The van der Waals surface area contributed by atoms with Gasteiger partial charge in [-0.05, 0) is 44.9 Å². The molecule has 0 unspecified atom stereocenters. The number of para-hydroxylation sites is 2. The van der Waals surface area contributed by atoms with E-state index in [0.717, 1.165) is 30.5 Å². The minimum absolute atomic E-state index is 0.0569. The molecule has 0 radical (unpaired) electrons. The summed E-state index contributed by atoms with van der Waals surface area (Å²) in [7, 11) is 0. The van der Waals surface area contributed by atoms with Gasteiger partial charge in [0.2, 0.25) is 5.91 Å². The SMILES string of the molecule is CCn1c(=O)n(CC(=O)N[C@H]2CCN3CCCC[C@H]23)c2ccccc21. The van der Waals surface area contributed by atoms with Gasteiger partial charge in [0.25, 0.3) is 0 Å². The first-order chi connectivity index (χ1) is 12.2. The lowest BCUT2D eigenvalue weighted by Crippen LogP contribution is -2.48. The van der Waals surface area contributed by atoms with Gasteiger partial charge in [0.15, 0.2) is 0 Å². The fourth-order valence-electron chi connectivity index (χ4n) is 4.54. The van der Waals surface area contributed by atoms with E-state index in [1.54, 1.807) is 9.13 Å². The average Bonchev–Trinajstić information content (AvgIpc) is 3.15. The Hall–Kier alpha value is -2.08. The Kier molecular flexibility index (Phi) is 4.37. The zero-order chi connectivity index (χ0) is 17.4. The number of hydrogen-bond acceptors (Lipinski definition) is 3. The number of piperidine rings is 1. The molecule has 25 heavy (non-hydrogen) atoms. The first-order valence-electron chi connectivity index (χ1n) is 9.40. The van der Waals surface area contributed by atoms with Gasteiger partial charge in [-0.1, -0.05) is 18.6 Å². The van der Waals surface area contributed by atoms with E-state index in [-0.39, 0.29) is 24.2 Å². The summed E-state index contributed by atoms with van der Waals surface area (Å²) in [5.74, 6) is -0.0569. The molecule has 6 heteroatoms. The molecule has 2 fully saturated rings. The first-order valence-corrected chi connectivity index (χ1v) is 9.40. The lowest BCUT2D eigenvalue weighted by atomic mass is 9.99. The second-order valence-electron chi connectivity index (χ2n) is 7.16. The van der Waals surface area contributed by atoms with Crippen LogP contribution in [0.3, 0.4) is 0 Å². The first kappa shape index (κ1) is 16.4. The second-order valence-corrected chi connectivity index (χ2v) is 7.16. The van der Waals surface area contributed by atoms with Gasteiger partial charge in [0, 0.05) is 25.2 Å². The zero-order valence-electron chi connectivity index (χ0n) is 14.8. The number of aromatic nitrogens is 2. The highest BCUT2D eigenvalue weighted by atomic mass is 16.2. The molecule has 2 aliphatic rings. The number of fused-ring (bicyclic) bond motifs is 2. The number of amides is 1. The highest BCUT2D eigenvalue weighted by Gasteiger charge is 2.36. The van der Waals surface area contributed by atoms with Gasteiger partial charge in [0.1, 0.15) is 6.54 Å². The molecule has 3 heterocycles. The number of carbonyl (C=O) groups is 1. The molecule has 1 aromatic heterocycles. The molecule has 2 saturated heterocycles. The molecule has 134 valence electrons. The van der Waals surface area contributed by atoms with Gasteiger partial charge in [-0.25, -0.2) is 4.79 Å². The highest BCUT2D eigenvalue weighted by molar-refractivity contribution is 5.81. The number of benzene rings is 1. The molecule has 1 amide bonds. The number of aryl methyl sites for hydroxylation is 1. The number of hydrogen-bond donors (Lipinski definition) is 1. The van der Waals surface area contributed by atoms with Crippen molar-refractivity contribution in [3.05, 3.63) is 34.7 Å². The number of rotatable bonds is 4. The van der Waals surface area contributed by atoms with Crippen LogP contribution in [0.2, 0.25) is 0 Å². The van der Waals surface area contributed by atoms with Crippen LogP contribution in [0.15, 0.2) is 29.1 Å². The molecular weight excluding hydrogens is 316 g/mol. The van der Waals surface area contributed by atoms with Gasteiger partial charge in [-0.3, -0.25) is 18.8 Å². The third kappa shape index (κ3) is 2.88. The summed E-state index contributed by atoms with van der Waals surface area (Å²) in [5, 5.41) is 3.20. The lowest BCUT2D eigenvalue weighted by molar-refractivity contribution is -0.122. The van der Waals surface area contributed by atoms with Crippen molar-refractivity contribution in [2.24, 2.45) is 0 Å². The zero-order valence-corrected chi connectivity index (χ0v) is 14.8. The van der Waals surface area contributed by atoms with Crippen LogP contribution in [-0.4, -0.2) is 45.1 Å². The summed E-state index contributed by atoms with van der Waals surface area (Å²) in [6.45, 7) is 4.88. The minimum Gasteiger partial charge on any atom is -0.350 e. The van der Waals surface area contributed by atoms with Crippen molar-refractivity contribution in [2.45, 2.75) is 57.8 Å². The van der Waals surface area contributed by atoms with Crippen molar-refractivity contribution in [3.63, 3.8) is 0 Å². The van der Waals surface area contributed by atoms with Crippen LogP contribution in [0.1, 0.15) is 32.6 Å². The predicted octanol–water partition coefficient (Wildman–Crippen LogP) is 1.57. The van der Waals surface area contributed by atoms with Crippen molar-refractivity contribution >= 4 is 16.9 Å². The Morgan fingerprint density at radius 1 is 1.12 bits per heavy atom. The third-order valence-electron chi connectivity index (χ3n) is 5.75. The summed E-state index contributed by atoms with van der Waals surface area (Å²) >= 11 is 0. The predicted molar refractivity (Wildman–Crippen MR) is 97.6 cm³/mol. The van der Waals surface area contributed by atoms with E-state index >= 15 is 0 Å². The number of carbonyl (C=O) groups excluding carboxylic acids is 1. The van der Waals surface area contributed by atoms with E-state index in [0.29, 0.717) is 12.6 Å². The standard InChI is InChI=1S/C19H26N4O2/c1-2-22-16-8-3-4-9-17(16)23(19(22)25)13-18(24)20-14-10-12-21-11-6-5-7-15(14)21/h3-4,8-9,14-15H,2,5-7,10-13H2,1H3,(H,20,24)/t14-,15+/m0/s1. The fourth-order valence-corrected chi connectivity index (χ4v) is 4.54. The molecule has 2 atom stereocenters. The summed E-state index contributed by atoms with van der Waals surface area (Å²) in [6.07, 6.45) is 4.70. The van der Waals surface area contributed by atoms with Crippen LogP contribution >= 0.6 is 0 Å². The van der Waals surface area contributed by atoms with E-state index in [2.05, 4.69) is 10.2 Å². The molecule has 2 aromatic rings. The fraction of sp³-hybridized carbons (Fsp3) is 0.579. The van der Waals surface area contributed by atoms with E-state index in [4.69, 9.17) is 0 Å². The van der Waals surface area contributed by atoms with Crippen molar-refractivity contribution < 1.29 is 4.79 Å². The van der Waals surface area contributed by atoms with E-state index in [1.165, 1.54) is 19.3 Å². The highest BCUT2D eigenvalue weighted by Crippen LogP contribution is 2.27. The monoisotopic (exact) mass is 342 g/mol. The van der Waals surface area contributed by atoms with Gasteiger partial charge in [-0.15, -0.1) is 0 Å². The molecule has 1 N–H and O–H groups in total. The lowest BCUT2D eigenvalue weighted by Gasteiger charge is -2.32. The number of nitrogens with one attached hydrogen (secondary N) is 1. The Bertz CT molecular complexity index is 838. The second kappa shape index (κ2) is 6.67. The topological polar surface area (TPSA) is 59.3 Å². The molecule has 1 aromatic carbocycles. The average molecular weight is 342 g/mol. The van der Waals surface area contributed by atoms with Crippen LogP contribution in [0.25, 0.3) is 11.0 Å². The van der Waals surface area contributed by atoms with Crippen LogP contribution in [0.5, 0.6) is 0 Å². The Labute approximate surface area is 147 Å². The van der Waals surface area contributed by atoms with Crippen molar-refractivity contribution in [1.29, 1.82) is 0 Å². The smallest absolute Gasteiger partial charge is 0.329 e. The van der Waals surface area contributed by atoms with Gasteiger partial charge in [0.05, 0.1) is 11.0 Å². The summed E-state index contributed by atoms with van der Waals surface area (Å²) in [5.41, 5.74) is 1.61. The van der Waals surface area contributed by atoms with Gasteiger partial charge >= 0.3 is 5.69 Å². The summed E-state index contributed by atoms with van der Waals surface area (Å²) in [6, 6.07) is 8.39. The quantitative estimate of drug-likeness (QED) is 0.917. The Morgan fingerprint density at radius 3 is 2.64 bits per heavy atom. The summed E-state index contributed by atoms with van der Waals surface area (Å²) in [4.78, 5) is 27.8. The van der Waals surface area contributed by atoms with Crippen molar-refractivity contribution in [3.8, 4) is 0 Å². The van der Waals surface area contributed by atoms with E-state index in [1.807, 2.05) is 31.2 Å². The molecule has 0 bridgehead atoms. The molecule has 0 spiro atoms. The molecule has 0 aliphatic carbocycles. The van der Waals surface area contributed by atoms with Crippen LogP contribution < -0.4 is 11.0 Å². The molecule has 0 saturated carbocycles. The number of nitrogens with zero attached hydrogens (tertiary/aromatic N) is 3. The normalized spacial score (nSPS) is 23.7. The van der Waals surface area contributed by atoms with Crippen molar-refractivity contribution in [2.75, 3.05) is 13.1 Å². The maximum atomic E-state index is 12.7. The molecular formula is C19H26N4O2. The molecule has 2 aliphatic heterocycles. The summed E-state index contributed by atoms with van der Waals surface area (Å²) < 4.78 is 3.32. The van der Waals surface area contributed by atoms with Crippen LogP contribution in [-0.2, 0) is 17.9 Å². The van der Waals surface area contributed by atoms with E-state index < -0.39 is 0 Å². The molecule has 4 rings (SSSR count). The van der Waals surface area contributed by atoms with Crippen LogP contribution in [0.4, 0.5) is 0 Å². The maximum absolute atomic E-state index is 12.7. The molecule has 6 nitrogen and oxygen atoms in total. The number of imidazole rings is 1. The Morgan fingerprint density at radius 2 is 1.88 bits per heavy atom. The minimum atomic E-state index is -0.107. The largest absolute Gasteiger partial charge is 0.350 e. The van der Waals surface area contributed by atoms with E-state index in [9.17, 15) is 9.59 Å². The third-order valence-corrected chi connectivity index (χ3v) is 5.75. The van der Waals surface area contributed by atoms with Crippen molar-refractivity contribution in [1.82, 2.24) is 19.4 Å². The Balaban J connectivity index is 1.53. The van der Waals surface area contributed by atoms with Crippen LogP contribution in [0, 0.1) is 0 Å². The van der Waals surface area contributed by atoms with Gasteiger partial charge in [-0.2, -0.15) is 0 Å². The maximum Gasteiger partial charge on any atom is 0.329 e.